The summed E-state index contributed by atoms with van der Waals surface area (Å²) in [6, 6.07) is 7.14. The maximum Gasteiger partial charge on any atom is 0.318 e. The van der Waals surface area contributed by atoms with E-state index in [2.05, 4.69) is 10.3 Å². The van der Waals surface area contributed by atoms with Gasteiger partial charge in [-0.05, 0) is 31.0 Å². The number of carbonyl (C=O) groups is 1. The van der Waals surface area contributed by atoms with E-state index >= 15 is 0 Å². The van der Waals surface area contributed by atoms with Crippen molar-refractivity contribution in [1.29, 1.82) is 0 Å². The second-order valence-corrected chi connectivity index (χ2v) is 5.58. The summed E-state index contributed by atoms with van der Waals surface area (Å²) in [5.74, 6) is 0.682. The topological polar surface area (TPSA) is 78.6 Å². The highest BCUT2D eigenvalue weighted by atomic mass is 35.5. The molecule has 2 aromatic rings. The van der Waals surface area contributed by atoms with Crippen LogP contribution in [-0.4, -0.2) is 34.2 Å². The summed E-state index contributed by atoms with van der Waals surface area (Å²) in [5, 5.41) is 12.5. The Balaban J connectivity index is 1.98. The highest BCUT2D eigenvalue weighted by Gasteiger charge is 2.14. The molecule has 0 saturated carbocycles. The molecule has 0 aliphatic carbocycles. The van der Waals surface area contributed by atoms with Crippen molar-refractivity contribution in [3.05, 3.63) is 52.7 Å². The average Bonchev–Trinajstić information content (AvgIpc) is 2.94. The Kier molecular flexibility index (Phi) is 6.43. The summed E-state index contributed by atoms with van der Waals surface area (Å²) in [5.41, 5.74) is 1.63. The molecule has 0 atom stereocenters. The Hall–Kier alpha value is -2.05. The van der Waals surface area contributed by atoms with E-state index < -0.39 is 0 Å². The quantitative estimate of drug-likeness (QED) is 0.814. The lowest BCUT2D eigenvalue weighted by Crippen LogP contribution is -2.40. The Bertz CT molecular complexity index is 645. The minimum absolute atomic E-state index is 0.0295. The molecule has 1 heterocycles. The third kappa shape index (κ3) is 5.26. The summed E-state index contributed by atoms with van der Waals surface area (Å²) < 4.78 is 5.11. The number of nitrogens with one attached hydrogen (secondary N) is 1. The molecular weight excluding hydrogens is 318 g/mol. The van der Waals surface area contributed by atoms with Crippen molar-refractivity contribution in [2.24, 2.45) is 0 Å². The lowest BCUT2D eigenvalue weighted by molar-refractivity contribution is 0.186. The molecule has 1 aromatic carbocycles. The first-order chi connectivity index (χ1) is 11.1. The second-order valence-electron chi connectivity index (χ2n) is 5.14. The van der Waals surface area contributed by atoms with E-state index in [0.29, 0.717) is 42.5 Å². The largest absolute Gasteiger partial charge is 0.448 e. The van der Waals surface area contributed by atoms with Crippen LogP contribution in [0.2, 0.25) is 5.02 Å². The van der Waals surface area contributed by atoms with Gasteiger partial charge < -0.3 is 19.7 Å². The van der Waals surface area contributed by atoms with Crippen molar-refractivity contribution < 1.29 is 14.3 Å². The van der Waals surface area contributed by atoms with Gasteiger partial charge in [0, 0.05) is 24.7 Å². The molecule has 0 aliphatic heterocycles. The molecule has 0 spiro atoms. The minimum atomic E-state index is -0.221. The maximum atomic E-state index is 12.4. The van der Waals surface area contributed by atoms with Crippen LogP contribution in [0.4, 0.5) is 4.79 Å². The molecule has 0 unspecified atom stereocenters. The number of carbonyl (C=O) groups excluding carboxylic acids is 1. The number of amides is 2. The SMILES string of the molecule is Cc1ocnc1CNC(=O)N(CCCO)Cc1cccc(Cl)c1. The summed E-state index contributed by atoms with van der Waals surface area (Å²) >= 11 is 5.98. The van der Waals surface area contributed by atoms with Crippen molar-refractivity contribution in [1.82, 2.24) is 15.2 Å². The summed E-state index contributed by atoms with van der Waals surface area (Å²) in [6.45, 7) is 2.99. The van der Waals surface area contributed by atoms with Gasteiger partial charge in [-0.15, -0.1) is 0 Å². The number of urea groups is 1. The molecule has 0 bridgehead atoms. The Morgan fingerprint density at radius 2 is 2.30 bits per heavy atom. The number of hydrogen-bond acceptors (Lipinski definition) is 4. The van der Waals surface area contributed by atoms with E-state index in [1.165, 1.54) is 6.39 Å². The third-order valence-electron chi connectivity index (χ3n) is 3.39. The molecule has 0 aliphatic rings. The van der Waals surface area contributed by atoms with E-state index in [4.69, 9.17) is 21.1 Å². The van der Waals surface area contributed by atoms with Gasteiger partial charge in [0.15, 0.2) is 6.39 Å². The van der Waals surface area contributed by atoms with Gasteiger partial charge in [-0.3, -0.25) is 0 Å². The fourth-order valence-electron chi connectivity index (χ4n) is 2.14. The first-order valence-electron chi connectivity index (χ1n) is 7.37. The second kappa shape index (κ2) is 8.55. The van der Waals surface area contributed by atoms with E-state index in [1.54, 1.807) is 17.9 Å². The van der Waals surface area contributed by atoms with Crippen molar-refractivity contribution >= 4 is 17.6 Å². The van der Waals surface area contributed by atoms with Crippen LogP contribution in [0.5, 0.6) is 0 Å². The van der Waals surface area contributed by atoms with Crippen molar-refractivity contribution in [3.63, 3.8) is 0 Å². The highest BCUT2D eigenvalue weighted by Crippen LogP contribution is 2.13. The molecular formula is C16H20ClN3O3. The van der Waals surface area contributed by atoms with E-state index in [-0.39, 0.29) is 12.6 Å². The van der Waals surface area contributed by atoms with Crippen molar-refractivity contribution in [3.8, 4) is 0 Å². The first-order valence-corrected chi connectivity index (χ1v) is 7.75. The summed E-state index contributed by atoms with van der Waals surface area (Å²) in [7, 11) is 0. The molecule has 0 saturated heterocycles. The van der Waals surface area contributed by atoms with E-state index in [9.17, 15) is 4.79 Å². The predicted octanol–water partition coefficient (Wildman–Crippen LogP) is 2.73. The molecule has 0 fully saturated rings. The van der Waals surface area contributed by atoms with Gasteiger partial charge in [-0.2, -0.15) is 0 Å². The smallest absolute Gasteiger partial charge is 0.318 e. The number of hydrogen-bond donors (Lipinski definition) is 2. The lowest BCUT2D eigenvalue weighted by Gasteiger charge is -2.23. The number of aryl methyl sites for hydroxylation is 1. The number of aliphatic hydroxyl groups excluding tert-OH is 1. The highest BCUT2D eigenvalue weighted by molar-refractivity contribution is 6.30. The summed E-state index contributed by atoms with van der Waals surface area (Å²) in [4.78, 5) is 18.1. The standard InChI is InChI=1S/C16H20ClN3O3/c1-12-15(19-11-23-12)9-18-16(22)20(6-3-7-21)10-13-4-2-5-14(17)8-13/h2,4-5,8,11,21H,3,6-7,9-10H2,1H3,(H,18,22). The van der Waals surface area contributed by atoms with Crippen LogP contribution in [0.3, 0.4) is 0 Å². The Morgan fingerprint density at radius 3 is 2.96 bits per heavy atom. The number of aromatic nitrogens is 1. The fourth-order valence-corrected chi connectivity index (χ4v) is 2.35. The van der Waals surface area contributed by atoms with Crippen LogP contribution < -0.4 is 5.32 Å². The molecule has 23 heavy (non-hydrogen) atoms. The molecule has 0 radical (unpaired) electrons. The molecule has 124 valence electrons. The van der Waals surface area contributed by atoms with Crippen molar-refractivity contribution in [2.45, 2.75) is 26.4 Å². The Morgan fingerprint density at radius 1 is 1.48 bits per heavy atom. The monoisotopic (exact) mass is 337 g/mol. The number of nitrogens with zero attached hydrogens (tertiary/aromatic N) is 2. The Labute approximate surface area is 140 Å². The van der Waals surface area contributed by atoms with Gasteiger partial charge in [0.05, 0.1) is 6.54 Å². The fraction of sp³-hybridized carbons (Fsp3) is 0.375. The molecule has 2 rings (SSSR count). The number of halogens is 1. The number of aliphatic hydroxyl groups is 1. The molecule has 2 amide bonds. The molecule has 6 nitrogen and oxygen atoms in total. The van der Waals surface area contributed by atoms with Gasteiger partial charge in [0.1, 0.15) is 11.5 Å². The first kappa shape index (κ1) is 17.3. The number of rotatable bonds is 7. The number of benzene rings is 1. The zero-order valence-corrected chi connectivity index (χ0v) is 13.7. The van der Waals surface area contributed by atoms with Crippen LogP contribution >= 0.6 is 11.6 Å². The maximum absolute atomic E-state index is 12.4. The number of oxazole rings is 1. The molecule has 7 heteroatoms. The van der Waals surface area contributed by atoms with Gasteiger partial charge in [-0.25, -0.2) is 9.78 Å². The van der Waals surface area contributed by atoms with E-state index in [0.717, 1.165) is 5.56 Å². The van der Waals surface area contributed by atoms with Gasteiger partial charge in [-0.1, -0.05) is 23.7 Å². The third-order valence-corrected chi connectivity index (χ3v) is 3.62. The van der Waals surface area contributed by atoms with Gasteiger partial charge >= 0.3 is 6.03 Å². The van der Waals surface area contributed by atoms with Crippen LogP contribution in [0.15, 0.2) is 35.1 Å². The zero-order valence-electron chi connectivity index (χ0n) is 13.0. The van der Waals surface area contributed by atoms with Crippen LogP contribution in [0.1, 0.15) is 23.4 Å². The van der Waals surface area contributed by atoms with Gasteiger partial charge in [0.2, 0.25) is 0 Å². The normalized spacial score (nSPS) is 10.6. The molecule has 1 aromatic heterocycles. The summed E-state index contributed by atoms with van der Waals surface area (Å²) in [6.07, 6.45) is 1.86. The van der Waals surface area contributed by atoms with Crippen molar-refractivity contribution in [2.75, 3.05) is 13.2 Å². The predicted molar refractivity (Wildman–Crippen MR) is 87.0 cm³/mol. The zero-order chi connectivity index (χ0) is 16.7. The lowest BCUT2D eigenvalue weighted by atomic mass is 10.2. The van der Waals surface area contributed by atoms with Gasteiger partial charge in [0.25, 0.3) is 0 Å². The minimum Gasteiger partial charge on any atom is -0.448 e. The van der Waals surface area contributed by atoms with Crippen LogP contribution in [-0.2, 0) is 13.1 Å². The molecule has 2 N–H and O–H groups in total. The van der Waals surface area contributed by atoms with Crippen LogP contribution in [0.25, 0.3) is 0 Å². The average molecular weight is 338 g/mol. The van der Waals surface area contributed by atoms with E-state index in [1.807, 2.05) is 18.2 Å². The van der Waals surface area contributed by atoms with Crippen LogP contribution in [0, 0.1) is 6.92 Å².